The maximum atomic E-state index is 12.4. The fourth-order valence-corrected chi connectivity index (χ4v) is 2.94. The number of amides is 1. The third kappa shape index (κ3) is 4.48. The number of ether oxygens (including phenoxy) is 1. The number of rotatable bonds is 7. The second-order valence-electron chi connectivity index (χ2n) is 5.43. The Morgan fingerprint density at radius 3 is 2.67 bits per heavy atom. The monoisotopic (exact) mass is 384 g/mol. The van der Waals surface area contributed by atoms with E-state index in [1.54, 1.807) is 18.2 Å². The molecule has 1 aromatic heterocycles. The van der Waals surface area contributed by atoms with Gasteiger partial charge in [-0.25, -0.2) is 0 Å². The molecule has 0 saturated carbocycles. The van der Waals surface area contributed by atoms with E-state index in [-0.39, 0.29) is 29.7 Å². The molecular weight excluding hydrogens is 368 g/mol. The maximum absolute atomic E-state index is 12.4. The summed E-state index contributed by atoms with van der Waals surface area (Å²) >= 11 is 1.53. The summed E-state index contributed by atoms with van der Waals surface area (Å²) in [4.78, 5) is 23.8. The van der Waals surface area contributed by atoms with E-state index >= 15 is 0 Å². The van der Waals surface area contributed by atoms with E-state index in [2.05, 4.69) is 5.32 Å². The highest BCUT2D eigenvalue weighted by Gasteiger charge is 2.16. The van der Waals surface area contributed by atoms with Gasteiger partial charge in [-0.2, -0.15) is 0 Å². The summed E-state index contributed by atoms with van der Waals surface area (Å²) in [5.41, 5.74) is 0.569. The molecule has 8 heteroatoms. The van der Waals surface area contributed by atoms with Crippen LogP contribution in [-0.2, 0) is 6.61 Å². The number of nitrogens with zero attached hydrogens (tertiary/aromatic N) is 1. The van der Waals surface area contributed by atoms with Gasteiger partial charge in [0.25, 0.3) is 5.91 Å². The van der Waals surface area contributed by atoms with Crippen molar-refractivity contribution in [3.05, 3.63) is 82.3 Å². The highest BCUT2D eigenvalue weighted by molar-refractivity contribution is 7.98. The number of benzene rings is 2. The number of nitrogens with one attached hydrogen (secondary N) is 1. The Morgan fingerprint density at radius 2 is 1.89 bits per heavy atom. The minimum absolute atomic E-state index is 0.0282. The Bertz CT molecular complexity index is 970. The zero-order chi connectivity index (χ0) is 19.2. The van der Waals surface area contributed by atoms with Gasteiger partial charge >= 0.3 is 5.69 Å². The zero-order valence-corrected chi connectivity index (χ0v) is 15.2. The van der Waals surface area contributed by atoms with E-state index in [4.69, 9.17) is 9.15 Å². The molecule has 0 fully saturated rings. The van der Waals surface area contributed by atoms with Gasteiger partial charge < -0.3 is 14.5 Å². The molecule has 0 atom stereocenters. The molecule has 0 unspecified atom stereocenters. The molecule has 7 nitrogen and oxygen atoms in total. The molecular formula is C19H16N2O5S. The molecule has 0 aliphatic rings. The number of hydrogen-bond acceptors (Lipinski definition) is 6. The first-order chi connectivity index (χ1) is 13.1. The Balaban J connectivity index is 1.66. The molecule has 138 valence electrons. The fraction of sp³-hybridized carbons (Fsp3) is 0.105. The van der Waals surface area contributed by atoms with Gasteiger partial charge in [0.15, 0.2) is 11.5 Å². The van der Waals surface area contributed by atoms with Crippen LogP contribution in [0.4, 0.5) is 11.4 Å². The van der Waals surface area contributed by atoms with Crippen LogP contribution in [0.25, 0.3) is 0 Å². The summed E-state index contributed by atoms with van der Waals surface area (Å²) in [5.74, 6) is 0.274. The van der Waals surface area contributed by atoms with Crippen molar-refractivity contribution in [1.29, 1.82) is 0 Å². The molecule has 0 aliphatic heterocycles. The first kappa shape index (κ1) is 18.5. The highest BCUT2D eigenvalue weighted by Crippen LogP contribution is 2.27. The largest absolute Gasteiger partial charge is 0.479 e. The van der Waals surface area contributed by atoms with E-state index < -0.39 is 4.92 Å². The lowest BCUT2D eigenvalue weighted by molar-refractivity contribution is -0.386. The summed E-state index contributed by atoms with van der Waals surface area (Å²) in [6, 6.07) is 16.7. The highest BCUT2D eigenvalue weighted by atomic mass is 32.2. The van der Waals surface area contributed by atoms with Crippen LogP contribution in [0.5, 0.6) is 5.75 Å². The molecule has 1 N–H and O–H groups in total. The van der Waals surface area contributed by atoms with E-state index in [1.807, 2.05) is 30.5 Å². The van der Waals surface area contributed by atoms with Crippen molar-refractivity contribution in [2.45, 2.75) is 11.5 Å². The molecule has 2 aromatic carbocycles. The summed E-state index contributed by atoms with van der Waals surface area (Å²) in [5, 5.41) is 13.8. The van der Waals surface area contributed by atoms with Crippen LogP contribution in [0.3, 0.4) is 0 Å². The minimum atomic E-state index is -0.514. The van der Waals surface area contributed by atoms with Crippen LogP contribution < -0.4 is 10.1 Å². The molecule has 0 bridgehead atoms. The van der Waals surface area contributed by atoms with Crippen molar-refractivity contribution >= 4 is 29.0 Å². The van der Waals surface area contributed by atoms with Crippen molar-refractivity contribution in [3.63, 3.8) is 0 Å². The van der Waals surface area contributed by atoms with Crippen LogP contribution in [0.15, 0.2) is 70.0 Å². The second kappa shape index (κ2) is 8.41. The van der Waals surface area contributed by atoms with Crippen molar-refractivity contribution in [2.75, 3.05) is 11.6 Å². The number of thioether (sulfide) groups is 1. The van der Waals surface area contributed by atoms with E-state index in [9.17, 15) is 14.9 Å². The normalized spacial score (nSPS) is 10.4. The summed E-state index contributed by atoms with van der Waals surface area (Å²) < 4.78 is 11.0. The molecule has 0 radical (unpaired) electrons. The quantitative estimate of drug-likeness (QED) is 0.359. The lowest BCUT2D eigenvalue weighted by Gasteiger charge is -2.07. The Morgan fingerprint density at radius 1 is 1.15 bits per heavy atom. The van der Waals surface area contributed by atoms with Crippen LogP contribution in [0.2, 0.25) is 0 Å². The molecule has 3 rings (SSSR count). The van der Waals surface area contributed by atoms with Crippen LogP contribution in [-0.4, -0.2) is 17.1 Å². The van der Waals surface area contributed by atoms with Crippen molar-refractivity contribution in [2.24, 2.45) is 0 Å². The first-order valence-corrected chi connectivity index (χ1v) is 9.20. The Kier molecular flexibility index (Phi) is 5.77. The molecule has 0 saturated heterocycles. The third-order valence-corrected chi connectivity index (χ3v) is 4.47. The number of nitro groups is 1. The van der Waals surface area contributed by atoms with Crippen LogP contribution in [0.1, 0.15) is 16.3 Å². The fourth-order valence-electron chi connectivity index (χ4n) is 2.39. The van der Waals surface area contributed by atoms with Crippen LogP contribution >= 0.6 is 11.8 Å². The molecule has 1 amide bonds. The minimum Gasteiger partial charge on any atom is -0.479 e. The number of hydrogen-bond donors (Lipinski definition) is 1. The lowest BCUT2D eigenvalue weighted by Crippen LogP contribution is -2.11. The SMILES string of the molecule is CSc1ccccc1NC(=O)c1ccc(COc2ccccc2[N+](=O)[O-])o1. The van der Waals surface area contributed by atoms with Gasteiger partial charge in [-0.15, -0.1) is 11.8 Å². The predicted octanol–water partition coefficient (Wildman–Crippen LogP) is 4.74. The zero-order valence-electron chi connectivity index (χ0n) is 14.4. The number of para-hydroxylation sites is 3. The molecule has 0 aliphatic carbocycles. The van der Waals surface area contributed by atoms with Gasteiger partial charge in [-0.3, -0.25) is 14.9 Å². The van der Waals surface area contributed by atoms with Gasteiger partial charge in [0.1, 0.15) is 12.4 Å². The number of carbonyl (C=O) groups is 1. The van der Waals surface area contributed by atoms with Gasteiger partial charge in [0.2, 0.25) is 0 Å². The van der Waals surface area contributed by atoms with E-state index in [1.165, 1.54) is 30.0 Å². The maximum Gasteiger partial charge on any atom is 0.310 e. The lowest BCUT2D eigenvalue weighted by atomic mass is 10.3. The third-order valence-electron chi connectivity index (χ3n) is 3.67. The van der Waals surface area contributed by atoms with Gasteiger partial charge in [0.05, 0.1) is 10.6 Å². The van der Waals surface area contributed by atoms with Gasteiger partial charge in [-0.1, -0.05) is 24.3 Å². The van der Waals surface area contributed by atoms with E-state index in [0.29, 0.717) is 11.4 Å². The van der Waals surface area contributed by atoms with Crippen molar-refractivity contribution in [1.82, 2.24) is 0 Å². The topological polar surface area (TPSA) is 94.6 Å². The van der Waals surface area contributed by atoms with Gasteiger partial charge in [0, 0.05) is 11.0 Å². The second-order valence-corrected chi connectivity index (χ2v) is 6.28. The Hall–Kier alpha value is -3.26. The summed E-state index contributed by atoms with van der Waals surface area (Å²) in [7, 11) is 0. The molecule has 0 spiro atoms. The number of furan rings is 1. The van der Waals surface area contributed by atoms with Gasteiger partial charge in [-0.05, 0) is 36.6 Å². The Labute approximate surface area is 159 Å². The molecule has 27 heavy (non-hydrogen) atoms. The number of nitro benzene ring substituents is 1. The van der Waals surface area contributed by atoms with E-state index in [0.717, 1.165) is 4.90 Å². The van der Waals surface area contributed by atoms with Crippen molar-refractivity contribution < 1.29 is 18.9 Å². The first-order valence-electron chi connectivity index (χ1n) is 7.98. The molecule has 1 heterocycles. The summed E-state index contributed by atoms with van der Waals surface area (Å²) in [6.45, 7) is -0.0282. The van der Waals surface area contributed by atoms with Crippen molar-refractivity contribution in [3.8, 4) is 5.75 Å². The van der Waals surface area contributed by atoms with Crippen LogP contribution in [0, 0.1) is 10.1 Å². The average Bonchev–Trinajstić information content (AvgIpc) is 3.16. The standard InChI is InChI=1S/C19H16N2O5S/c1-27-18-9-5-2-6-14(18)20-19(22)17-11-10-13(26-17)12-25-16-8-4-3-7-15(16)21(23)24/h2-11H,12H2,1H3,(H,20,22). The predicted molar refractivity (Wildman–Crippen MR) is 102 cm³/mol. The molecule has 3 aromatic rings. The summed E-state index contributed by atoms with van der Waals surface area (Å²) in [6.07, 6.45) is 1.93. The average molecular weight is 384 g/mol. The number of anilines is 1. The smallest absolute Gasteiger partial charge is 0.310 e. The number of carbonyl (C=O) groups excluding carboxylic acids is 1.